The van der Waals surface area contributed by atoms with Crippen LogP contribution in [-0.2, 0) is 19.5 Å². The van der Waals surface area contributed by atoms with Gasteiger partial charge in [-0.15, -0.1) is 0 Å². The average Bonchev–Trinajstić information content (AvgIpc) is 1.62. The summed E-state index contributed by atoms with van der Waals surface area (Å²) in [4.78, 5) is 0. The quantitative estimate of drug-likeness (QED) is 0.194. The van der Waals surface area contributed by atoms with Crippen molar-refractivity contribution in [1.29, 1.82) is 0 Å². The Morgan fingerprint density at radius 1 is 0.667 bits per heavy atom. The fourth-order valence-corrected chi connectivity index (χ4v) is 0.874. The fraction of sp³-hybridized carbons (Fsp3) is 0.500. The van der Waals surface area contributed by atoms with E-state index in [-0.39, 0.29) is 91.4 Å². The topological polar surface area (TPSA) is 0 Å². The summed E-state index contributed by atoms with van der Waals surface area (Å²) in [6.07, 6.45) is 14.0. The van der Waals surface area contributed by atoms with Crippen LogP contribution in [0.3, 0.4) is 0 Å². The average molecular weight is 592 g/mol. The van der Waals surface area contributed by atoms with Gasteiger partial charge in [-0.2, -0.15) is 0 Å². The zero-order chi connectivity index (χ0) is 5.66. The van der Waals surface area contributed by atoms with Crippen LogP contribution in [0.25, 0.3) is 0 Å². The van der Waals surface area contributed by atoms with E-state index in [1.807, 2.05) is 0 Å². The minimum Gasteiger partial charge on any atom is -1.00 e. The first-order valence-electron chi connectivity index (χ1n) is 3.32. The molecule has 0 fully saturated rings. The Morgan fingerprint density at radius 3 is 1.33 bits per heavy atom. The van der Waals surface area contributed by atoms with Crippen molar-refractivity contribution in [3.8, 4) is 0 Å². The molecule has 0 unspecified atom stereocenters. The molecule has 0 aromatic heterocycles. The summed E-state index contributed by atoms with van der Waals surface area (Å²) in [6.45, 7) is 0. The monoisotopic (exact) mass is 592 g/mol. The summed E-state index contributed by atoms with van der Waals surface area (Å²) in [7, 11) is 0. The van der Waals surface area contributed by atoms with E-state index in [0.29, 0.717) is 0 Å². The molecular weight excluding hydrogens is 580 g/mol. The number of hydrogen-bond donors (Lipinski definition) is 0. The normalized spacial score (nSPS) is 13.3. The van der Waals surface area contributed by atoms with Crippen LogP contribution in [0.5, 0.6) is 0 Å². The van der Waals surface area contributed by atoms with Crippen molar-refractivity contribution in [2.45, 2.75) is 25.7 Å². The van der Waals surface area contributed by atoms with Crippen LogP contribution >= 0.6 is 0 Å². The Hall–Kier alpha value is 2.29. The molecule has 4 heteroatoms. The maximum absolute atomic E-state index is 2.23. The molecule has 0 saturated carbocycles. The molecule has 0 atom stereocenters. The van der Waals surface area contributed by atoms with Crippen molar-refractivity contribution in [1.82, 2.24) is 0 Å². The van der Waals surface area contributed by atoms with Gasteiger partial charge in [-0.25, -0.2) is 0 Å². The summed E-state index contributed by atoms with van der Waals surface area (Å²) in [6, 6.07) is 0. The number of rotatable bonds is 0. The van der Waals surface area contributed by atoms with Gasteiger partial charge >= 0.3 is 19.5 Å². The molecule has 1 rings (SSSR count). The molecule has 0 aliphatic heterocycles. The molecule has 0 aromatic rings. The molecular formula is C8H12I3Rh. The van der Waals surface area contributed by atoms with E-state index < -0.39 is 0 Å². The molecule has 1 aliphatic carbocycles. The first kappa shape index (κ1) is 23.8. The molecule has 0 amide bonds. The second kappa shape index (κ2) is 19.0. The standard InChI is InChI=1S/C8H12.3HI.Rh/c1-2-4-6-8-7-5-3-1;;;;/h1-4H,5-8H2;3*1H;/q;;;;+3/p-3. The molecule has 0 N–H and O–H groups in total. The zero-order valence-electron chi connectivity index (χ0n) is 6.61. The van der Waals surface area contributed by atoms with E-state index in [2.05, 4.69) is 24.3 Å². The largest absolute Gasteiger partial charge is 3.00 e. The molecule has 0 spiro atoms. The number of halogens is 3. The van der Waals surface area contributed by atoms with E-state index in [4.69, 9.17) is 0 Å². The molecule has 0 nitrogen and oxygen atoms in total. The van der Waals surface area contributed by atoms with Crippen molar-refractivity contribution >= 4 is 0 Å². The maximum Gasteiger partial charge on any atom is 3.00 e. The van der Waals surface area contributed by atoms with E-state index >= 15 is 0 Å². The summed E-state index contributed by atoms with van der Waals surface area (Å²) in [5, 5.41) is 0. The second-order valence-electron chi connectivity index (χ2n) is 2.14. The van der Waals surface area contributed by atoms with Crippen LogP contribution in [0.1, 0.15) is 25.7 Å². The van der Waals surface area contributed by atoms with Gasteiger partial charge in [0, 0.05) is 0 Å². The van der Waals surface area contributed by atoms with Crippen molar-refractivity contribution in [2.24, 2.45) is 0 Å². The van der Waals surface area contributed by atoms with E-state index in [1.54, 1.807) is 0 Å². The van der Waals surface area contributed by atoms with Gasteiger partial charge in [-0.1, -0.05) is 24.3 Å². The summed E-state index contributed by atoms with van der Waals surface area (Å²) < 4.78 is 0. The maximum atomic E-state index is 2.23. The van der Waals surface area contributed by atoms with Crippen molar-refractivity contribution in [3.63, 3.8) is 0 Å². The van der Waals surface area contributed by atoms with Gasteiger partial charge in [0.15, 0.2) is 0 Å². The Kier molecular flexibility index (Phi) is 37.7. The molecule has 0 radical (unpaired) electrons. The summed E-state index contributed by atoms with van der Waals surface area (Å²) in [5.41, 5.74) is 0. The van der Waals surface area contributed by atoms with Crippen LogP contribution in [0.15, 0.2) is 24.3 Å². The van der Waals surface area contributed by atoms with Crippen LogP contribution in [0.4, 0.5) is 0 Å². The van der Waals surface area contributed by atoms with Crippen LogP contribution in [0.2, 0.25) is 0 Å². The Bertz CT molecular complexity index is 98.9. The number of hydrogen-bond acceptors (Lipinski definition) is 0. The predicted octanol–water partition coefficient (Wildman–Crippen LogP) is -6.32. The zero-order valence-corrected chi connectivity index (χ0v) is 14.7. The Balaban J connectivity index is -0.0000000800. The Morgan fingerprint density at radius 2 is 1.00 bits per heavy atom. The molecule has 0 heterocycles. The van der Waals surface area contributed by atoms with E-state index in [0.717, 1.165) is 0 Å². The first-order chi connectivity index (χ1) is 4.00. The third-order valence-corrected chi connectivity index (χ3v) is 1.37. The van der Waals surface area contributed by atoms with Gasteiger partial charge in [0.1, 0.15) is 0 Å². The predicted molar refractivity (Wildman–Crippen MR) is 36.7 cm³/mol. The molecule has 12 heavy (non-hydrogen) atoms. The number of allylic oxidation sites excluding steroid dienone is 4. The molecule has 0 saturated heterocycles. The third kappa shape index (κ3) is 14.8. The van der Waals surface area contributed by atoms with Gasteiger partial charge in [0.05, 0.1) is 0 Å². The Labute approximate surface area is 139 Å². The van der Waals surface area contributed by atoms with Crippen molar-refractivity contribution in [2.75, 3.05) is 0 Å². The van der Waals surface area contributed by atoms with Crippen molar-refractivity contribution in [3.05, 3.63) is 24.3 Å². The second-order valence-corrected chi connectivity index (χ2v) is 2.14. The smallest absolute Gasteiger partial charge is 1.00 e. The van der Waals surface area contributed by atoms with Crippen LogP contribution < -0.4 is 71.9 Å². The molecule has 1 aliphatic rings. The summed E-state index contributed by atoms with van der Waals surface area (Å²) in [5.74, 6) is 0. The first-order valence-corrected chi connectivity index (χ1v) is 3.32. The van der Waals surface area contributed by atoms with Gasteiger partial charge < -0.3 is 71.9 Å². The molecule has 0 bridgehead atoms. The van der Waals surface area contributed by atoms with Gasteiger partial charge in [-0.05, 0) is 25.7 Å². The van der Waals surface area contributed by atoms with E-state index in [1.165, 1.54) is 25.7 Å². The molecule has 0 aromatic carbocycles. The van der Waals surface area contributed by atoms with Gasteiger partial charge in [0.25, 0.3) is 0 Å². The fourth-order valence-electron chi connectivity index (χ4n) is 0.874. The minimum absolute atomic E-state index is 0. The summed E-state index contributed by atoms with van der Waals surface area (Å²) >= 11 is 0. The van der Waals surface area contributed by atoms with Crippen LogP contribution in [0, 0.1) is 0 Å². The van der Waals surface area contributed by atoms with Gasteiger partial charge in [0.2, 0.25) is 0 Å². The SMILES string of the molecule is C1=CCCCCC=C1.[I-].[I-].[I-].[Rh+3]. The van der Waals surface area contributed by atoms with Crippen LogP contribution in [-0.4, -0.2) is 0 Å². The molecule has 74 valence electrons. The van der Waals surface area contributed by atoms with Crippen molar-refractivity contribution < 1.29 is 91.4 Å². The third-order valence-electron chi connectivity index (χ3n) is 1.37. The minimum atomic E-state index is 0. The van der Waals surface area contributed by atoms with Gasteiger partial charge in [-0.3, -0.25) is 0 Å². The van der Waals surface area contributed by atoms with E-state index in [9.17, 15) is 0 Å².